The number of amides is 1. The van der Waals surface area contributed by atoms with Crippen LogP contribution in [0, 0.1) is 13.8 Å². The predicted molar refractivity (Wildman–Crippen MR) is 91.6 cm³/mol. The van der Waals surface area contributed by atoms with E-state index < -0.39 is 10.0 Å². The lowest BCUT2D eigenvalue weighted by Gasteiger charge is -2.15. The van der Waals surface area contributed by atoms with Crippen LogP contribution in [0.2, 0.25) is 0 Å². The van der Waals surface area contributed by atoms with Gasteiger partial charge < -0.3 is 9.42 Å². The smallest absolute Gasteiger partial charge is 0.253 e. The molecule has 25 heavy (non-hydrogen) atoms. The first-order valence-electron chi connectivity index (χ1n) is 8.19. The zero-order valence-corrected chi connectivity index (χ0v) is 15.1. The first-order valence-corrected chi connectivity index (χ1v) is 9.67. The summed E-state index contributed by atoms with van der Waals surface area (Å²) in [6.07, 6.45) is 2.10. The maximum absolute atomic E-state index is 12.4. The Morgan fingerprint density at radius 1 is 1.20 bits per heavy atom. The van der Waals surface area contributed by atoms with Gasteiger partial charge in [0.1, 0.15) is 10.6 Å². The molecule has 8 heteroatoms. The number of aryl methyl sites for hydroxylation is 2. The summed E-state index contributed by atoms with van der Waals surface area (Å²) in [7, 11) is -3.70. The third kappa shape index (κ3) is 3.74. The Bertz CT molecular complexity index is 846. The summed E-state index contributed by atoms with van der Waals surface area (Å²) in [6.45, 7) is 4.89. The molecule has 0 unspecified atom stereocenters. The number of nitrogens with one attached hydrogen (secondary N) is 1. The van der Waals surface area contributed by atoms with Gasteiger partial charge in [-0.3, -0.25) is 4.79 Å². The molecule has 0 aliphatic carbocycles. The molecule has 0 radical (unpaired) electrons. The van der Waals surface area contributed by atoms with Crippen LogP contribution in [-0.4, -0.2) is 37.5 Å². The Morgan fingerprint density at radius 2 is 1.84 bits per heavy atom. The van der Waals surface area contributed by atoms with Crippen LogP contribution >= 0.6 is 0 Å². The molecule has 0 bridgehead atoms. The molecule has 1 N–H and O–H groups in total. The fraction of sp³-hybridized carbons (Fsp3) is 0.412. The number of hydrogen-bond acceptors (Lipinski definition) is 5. The fourth-order valence-corrected chi connectivity index (χ4v) is 4.32. The van der Waals surface area contributed by atoms with Crippen LogP contribution in [0.1, 0.15) is 40.2 Å². The van der Waals surface area contributed by atoms with Crippen LogP contribution in [0.25, 0.3) is 0 Å². The van der Waals surface area contributed by atoms with Crippen molar-refractivity contribution in [1.29, 1.82) is 0 Å². The van der Waals surface area contributed by atoms with Gasteiger partial charge in [-0.25, -0.2) is 13.1 Å². The van der Waals surface area contributed by atoms with Gasteiger partial charge in [-0.1, -0.05) is 17.3 Å². The Kier molecular flexibility index (Phi) is 4.91. The van der Waals surface area contributed by atoms with Crippen molar-refractivity contribution in [3.8, 4) is 0 Å². The van der Waals surface area contributed by atoms with Crippen molar-refractivity contribution in [2.45, 2.75) is 38.1 Å². The molecule has 7 nitrogen and oxygen atoms in total. The van der Waals surface area contributed by atoms with E-state index in [1.165, 1.54) is 0 Å². The molecule has 1 fully saturated rings. The van der Waals surface area contributed by atoms with Crippen molar-refractivity contribution in [2.24, 2.45) is 0 Å². The van der Waals surface area contributed by atoms with E-state index in [0.29, 0.717) is 11.3 Å². The van der Waals surface area contributed by atoms with Gasteiger partial charge in [-0.15, -0.1) is 0 Å². The van der Waals surface area contributed by atoms with Crippen LogP contribution in [-0.2, 0) is 16.6 Å². The molecule has 1 aromatic heterocycles. The standard InChI is InChI=1S/C17H21N3O4S/c1-12-16(13(2)24-19-12)25(22,23)18-11-14-5-7-15(8-6-14)17(21)20-9-3-4-10-20/h5-8,18H,3-4,9-11H2,1-2H3. The number of carbonyl (C=O) groups excluding carboxylic acids is 1. The third-order valence-corrected chi connectivity index (χ3v) is 5.94. The number of likely N-dealkylation sites (tertiary alicyclic amines) is 1. The number of hydrogen-bond donors (Lipinski definition) is 1. The van der Waals surface area contributed by atoms with Gasteiger partial charge in [0.05, 0.1) is 0 Å². The fourth-order valence-electron chi connectivity index (χ4n) is 2.98. The molecule has 134 valence electrons. The van der Waals surface area contributed by atoms with Crippen molar-refractivity contribution in [3.05, 3.63) is 46.8 Å². The molecule has 3 rings (SSSR count). The average Bonchev–Trinajstić information content (AvgIpc) is 3.23. The van der Waals surface area contributed by atoms with Crippen LogP contribution in [0.4, 0.5) is 0 Å². The molecule has 1 aliphatic rings. The van der Waals surface area contributed by atoms with Gasteiger partial charge in [-0.2, -0.15) is 0 Å². The lowest BCUT2D eigenvalue weighted by molar-refractivity contribution is 0.0793. The number of sulfonamides is 1. The summed E-state index contributed by atoms with van der Waals surface area (Å²) in [6, 6.07) is 7.00. The van der Waals surface area contributed by atoms with Gasteiger partial charge in [0, 0.05) is 25.2 Å². The minimum Gasteiger partial charge on any atom is -0.360 e. The summed E-state index contributed by atoms with van der Waals surface area (Å²) >= 11 is 0. The Balaban J connectivity index is 1.67. The van der Waals surface area contributed by atoms with E-state index in [9.17, 15) is 13.2 Å². The highest BCUT2D eigenvalue weighted by atomic mass is 32.2. The van der Waals surface area contributed by atoms with Gasteiger partial charge in [0.15, 0.2) is 5.76 Å². The molecule has 2 heterocycles. The Morgan fingerprint density at radius 3 is 2.40 bits per heavy atom. The van der Waals surface area contributed by atoms with E-state index in [1.54, 1.807) is 38.1 Å². The Hall–Kier alpha value is -2.19. The van der Waals surface area contributed by atoms with Gasteiger partial charge in [-0.05, 0) is 44.4 Å². The highest BCUT2D eigenvalue weighted by Crippen LogP contribution is 2.19. The molecule has 0 spiro atoms. The van der Waals surface area contributed by atoms with Crippen molar-refractivity contribution in [2.75, 3.05) is 13.1 Å². The molecule has 2 aromatic rings. The summed E-state index contributed by atoms with van der Waals surface area (Å²) in [5, 5.41) is 3.67. The van der Waals surface area contributed by atoms with Crippen LogP contribution in [0.5, 0.6) is 0 Å². The minimum absolute atomic E-state index is 0.0281. The largest absolute Gasteiger partial charge is 0.360 e. The summed E-state index contributed by atoms with van der Waals surface area (Å²) in [5.74, 6) is 0.289. The molecule has 1 amide bonds. The lowest BCUT2D eigenvalue weighted by atomic mass is 10.1. The summed E-state index contributed by atoms with van der Waals surface area (Å²) in [4.78, 5) is 14.2. The topological polar surface area (TPSA) is 92.5 Å². The number of aromatic nitrogens is 1. The van der Waals surface area contributed by atoms with E-state index in [4.69, 9.17) is 4.52 Å². The molecular weight excluding hydrogens is 342 g/mol. The molecule has 1 aromatic carbocycles. The van der Waals surface area contributed by atoms with E-state index in [1.807, 2.05) is 4.90 Å². The van der Waals surface area contributed by atoms with E-state index in [0.717, 1.165) is 31.5 Å². The molecule has 1 aliphatic heterocycles. The molecule has 0 atom stereocenters. The third-order valence-electron chi connectivity index (χ3n) is 4.30. The highest BCUT2D eigenvalue weighted by molar-refractivity contribution is 7.89. The van der Waals surface area contributed by atoms with E-state index in [-0.39, 0.29) is 23.1 Å². The number of carbonyl (C=O) groups is 1. The van der Waals surface area contributed by atoms with Crippen LogP contribution in [0.3, 0.4) is 0 Å². The van der Waals surface area contributed by atoms with Crippen LogP contribution < -0.4 is 4.72 Å². The molecule has 0 saturated carbocycles. The molecular formula is C17H21N3O4S. The quantitative estimate of drug-likeness (QED) is 0.877. The van der Waals surface area contributed by atoms with Crippen molar-refractivity contribution >= 4 is 15.9 Å². The second kappa shape index (κ2) is 6.97. The average molecular weight is 363 g/mol. The monoisotopic (exact) mass is 363 g/mol. The number of benzene rings is 1. The van der Waals surface area contributed by atoms with Crippen molar-refractivity contribution in [3.63, 3.8) is 0 Å². The van der Waals surface area contributed by atoms with Gasteiger partial charge in [0.2, 0.25) is 10.0 Å². The lowest BCUT2D eigenvalue weighted by Crippen LogP contribution is -2.27. The second-order valence-corrected chi connectivity index (χ2v) is 7.88. The van der Waals surface area contributed by atoms with Gasteiger partial charge in [0.25, 0.3) is 5.91 Å². The first kappa shape index (κ1) is 17.6. The molecule has 1 saturated heterocycles. The van der Waals surface area contributed by atoms with Crippen LogP contribution in [0.15, 0.2) is 33.7 Å². The SMILES string of the molecule is Cc1noc(C)c1S(=O)(=O)NCc1ccc(C(=O)N2CCCC2)cc1. The van der Waals surface area contributed by atoms with E-state index in [2.05, 4.69) is 9.88 Å². The predicted octanol–water partition coefficient (Wildman–Crippen LogP) is 2.01. The van der Waals surface area contributed by atoms with E-state index >= 15 is 0 Å². The maximum atomic E-state index is 12.4. The zero-order chi connectivity index (χ0) is 18.0. The van der Waals surface area contributed by atoms with Crippen molar-refractivity contribution < 1.29 is 17.7 Å². The maximum Gasteiger partial charge on any atom is 0.253 e. The first-order chi connectivity index (χ1) is 11.9. The highest BCUT2D eigenvalue weighted by Gasteiger charge is 2.24. The van der Waals surface area contributed by atoms with Crippen molar-refractivity contribution in [1.82, 2.24) is 14.8 Å². The van der Waals surface area contributed by atoms with Gasteiger partial charge >= 0.3 is 0 Å². The Labute approximate surface area is 147 Å². The normalized spacial score (nSPS) is 14.9. The summed E-state index contributed by atoms with van der Waals surface area (Å²) in [5.41, 5.74) is 1.73. The number of rotatable bonds is 5. The summed E-state index contributed by atoms with van der Waals surface area (Å²) < 4.78 is 32.2. The minimum atomic E-state index is -3.70. The number of nitrogens with zero attached hydrogens (tertiary/aromatic N) is 2. The second-order valence-electron chi connectivity index (χ2n) is 6.17. The zero-order valence-electron chi connectivity index (χ0n) is 14.3.